The maximum Gasteiger partial charge on any atom is 0.262 e. The summed E-state index contributed by atoms with van der Waals surface area (Å²) >= 11 is 0. The van der Waals surface area contributed by atoms with Crippen LogP contribution in [-0.4, -0.2) is 21.4 Å². The van der Waals surface area contributed by atoms with Crippen LogP contribution in [-0.2, 0) is 16.6 Å². The summed E-state index contributed by atoms with van der Waals surface area (Å²) in [6.07, 6.45) is 0. The summed E-state index contributed by atoms with van der Waals surface area (Å²) in [5, 5.41) is 2.81. The van der Waals surface area contributed by atoms with Gasteiger partial charge in [0.1, 0.15) is 5.75 Å². The molecule has 0 saturated heterocycles. The van der Waals surface area contributed by atoms with Crippen LogP contribution in [0.3, 0.4) is 0 Å². The zero-order valence-electron chi connectivity index (χ0n) is 17.1. The Morgan fingerprint density at radius 1 is 0.933 bits per heavy atom. The van der Waals surface area contributed by atoms with Gasteiger partial charge >= 0.3 is 0 Å². The van der Waals surface area contributed by atoms with Crippen LogP contribution in [0.4, 0.5) is 5.69 Å². The maximum absolute atomic E-state index is 13.0. The molecule has 0 aliphatic rings. The van der Waals surface area contributed by atoms with Gasteiger partial charge in [0.15, 0.2) is 0 Å². The van der Waals surface area contributed by atoms with Crippen molar-refractivity contribution in [2.45, 2.75) is 25.3 Å². The Bertz CT molecular complexity index is 1170. The fourth-order valence-corrected chi connectivity index (χ4v) is 4.45. The fraction of sp³-hybridized carbons (Fsp3) is 0.174. The van der Waals surface area contributed by atoms with E-state index < -0.39 is 10.0 Å². The summed E-state index contributed by atoms with van der Waals surface area (Å²) in [6.45, 7) is 3.79. The normalized spacial score (nSPS) is 11.0. The first-order valence-corrected chi connectivity index (χ1v) is 10.9. The van der Waals surface area contributed by atoms with Gasteiger partial charge in [-0.15, -0.1) is 0 Å². The minimum Gasteiger partial charge on any atom is -0.496 e. The second-order valence-corrected chi connectivity index (χ2v) is 8.55. The molecular formula is C23H24N2O4S. The molecule has 3 aromatic carbocycles. The molecule has 0 atom stereocenters. The van der Waals surface area contributed by atoms with Gasteiger partial charge in [0, 0.05) is 17.7 Å². The quantitative estimate of drug-likeness (QED) is 0.599. The van der Waals surface area contributed by atoms with Crippen LogP contribution in [0.15, 0.2) is 71.6 Å². The largest absolute Gasteiger partial charge is 0.496 e. The molecular weight excluding hydrogens is 400 g/mol. The van der Waals surface area contributed by atoms with Gasteiger partial charge in [0.25, 0.3) is 15.9 Å². The predicted octanol–water partition coefficient (Wildman–Crippen LogP) is 4.04. The fourth-order valence-electron chi connectivity index (χ4n) is 3.04. The number of hydrogen-bond donors (Lipinski definition) is 2. The Balaban J connectivity index is 1.82. The number of benzene rings is 3. The number of rotatable bonds is 7. The van der Waals surface area contributed by atoms with Gasteiger partial charge in [-0.1, -0.05) is 42.5 Å². The van der Waals surface area contributed by atoms with Crippen LogP contribution >= 0.6 is 0 Å². The number of anilines is 1. The Morgan fingerprint density at radius 2 is 1.63 bits per heavy atom. The molecule has 30 heavy (non-hydrogen) atoms. The van der Waals surface area contributed by atoms with E-state index in [-0.39, 0.29) is 22.9 Å². The van der Waals surface area contributed by atoms with Crippen molar-refractivity contribution in [3.8, 4) is 5.75 Å². The Hall–Kier alpha value is -3.32. The zero-order valence-corrected chi connectivity index (χ0v) is 17.9. The molecule has 0 heterocycles. The third-order valence-corrected chi connectivity index (χ3v) is 6.27. The van der Waals surface area contributed by atoms with Crippen molar-refractivity contribution in [2.24, 2.45) is 0 Å². The average molecular weight is 425 g/mol. The van der Waals surface area contributed by atoms with E-state index >= 15 is 0 Å². The lowest BCUT2D eigenvalue weighted by Crippen LogP contribution is -2.24. The second-order valence-electron chi connectivity index (χ2n) is 6.90. The number of hydrogen-bond acceptors (Lipinski definition) is 4. The van der Waals surface area contributed by atoms with Gasteiger partial charge in [-0.25, -0.2) is 8.42 Å². The van der Waals surface area contributed by atoms with Gasteiger partial charge in [0.2, 0.25) is 0 Å². The molecule has 2 N–H and O–H groups in total. The molecule has 0 saturated carbocycles. The summed E-state index contributed by atoms with van der Waals surface area (Å²) in [5.74, 6) is 0.306. The lowest BCUT2D eigenvalue weighted by atomic mass is 10.1. The molecule has 0 fully saturated rings. The van der Waals surface area contributed by atoms with E-state index in [4.69, 9.17) is 4.74 Å². The minimum atomic E-state index is -3.85. The molecule has 7 heteroatoms. The van der Waals surface area contributed by atoms with E-state index in [0.29, 0.717) is 17.0 Å². The van der Waals surface area contributed by atoms with E-state index in [9.17, 15) is 13.2 Å². The highest BCUT2D eigenvalue weighted by Crippen LogP contribution is 2.23. The SMILES string of the molecule is COc1ccccc1CNC(=O)c1ccc(C)c(S(=O)(=O)Nc2ccccc2C)c1. The molecule has 0 bridgehead atoms. The number of nitrogens with one attached hydrogen (secondary N) is 2. The van der Waals surface area contributed by atoms with Crippen molar-refractivity contribution in [1.29, 1.82) is 0 Å². The molecule has 6 nitrogen and oxygen atoms in total. The van der Waals surface area contributed by atoms with Crippen molar-refractivity contribution in [3.63, 3.8) is 0 Å². The van der Waals surface area contributed by atoms with Crippen LogP contribution in [0.25, 0.3) is 0 Å². The van der Waals surface area contributed by atoms with E-state index in [1.165, 1.54) is 6.07 Å². The van der Waals surface area contributed by atoms with Crippen LogP contribution in [0.1, 0.15) is 27.0 Å². The topological polar surface area (TPSA) is 84.5 Å². The van der Waals surface area contributed by atoms with Gasteiger partial charge in [0.05, 0.1) is 17.7 Å². The number of methoxy groups -OCH3 is 1. The molecule has 156 valence electrons. The average Bonchev–Trinajstić information content (AvgIpc) is 2.74. The summed E-state index contributed by atoms with van der Waals surface area (Å²) in [5.41, 5.74) is 2.96. The Morgan fingerprint density at radius 3 is 2.37 bits per heavy atom. The number of carbonyl (C=O) groups is 1. The van der Waals surface area contributed by atoms with E-state index in [1.54, 1.807) is 38.3 Å². The van der Waals surface area contributed by atoms with E-state index in [2.05, 4.69) is 10.0 Å². The molecule has 0 unspecified atom stereocenters. The van der Waals surface area contributed by atoms with Crippen LogP contribution in [0.2, 0.25) is 0 Å². The standard InChI is InChI=1S/C23H24N2O4S/c1-16-8-4-6-10-20(16)25-30(27,28)22-14-18(13-12-17(22)2)23(26)24-15-19-9-5-7-11-21(19)29-3/h4-14,25H,15H2,1-3H3,(H,24,26). The van der Waals surface area contributed by atoms with Gasteiger partial charge in [-0.05, 0) is 49.2 Å². The van der Waals surface area contributed by atoms with Crippen LogP contribution < -0.4 is 14.8 Å². The van der Waals surface area contributed by atoms with E-state index in [0.717, 1.165) is 11.1 Å². The summed E-state index contributed by atoms with van der Waals surface area (Å²) < 4.78 is 33.8. The molecule has 1 amide bonds. The maximum atomic E-state index is 13.0. The van der Waals surface area contributed by atoms with E-state index in [1.807, 2.05) is 43.3 Å². The second kappa shape index (κ2) is 9.00. The minimum absolute atomic E-state index is 0.0655. The molecule has 3 rings (SSSR count). The molecule has 0 aliphatic heterocycles. The highest BCUT2D eigenvalue weighted by atomic mass is 32.2. The predicted molar refractivity (Wildman–Crippen MR) is 117 cm³/mol. The monoisotopic (exact) mass is 424 g/mol. The third-order valence-electron chi connectivity index (χ3n) is 4.76. The molecule has 0 spiro atoms. The first-order chi connectivity index (χ1) is 14.3. The molecule has 0 aliphatic carbocycles. The zero-order chi connectivity index (χ0) is 21.7. The third kappa shape index (κ3) is 4.80. The summed E-state index contributed by atoms with van der Waals surface area (Å²) in [7, 11) is -2.28. The van der Waals surface area contributed by atoms with Crippen molar-refractivity contribution < 1.29 is 17.9 Å². The highest BCUT2D eigenvalue weighted by Gasteiger charge is 2.20. The number of carbonyl (C=O) groups excluding carboxylic acids is 1. The van der Waals surface area contributed by atoms with Crippen LogP contribution in [0.5, 0.6) is 5.75 Å². The van der Waals surface area contributed by atoms with Gasteiger partial charge in [-0.2, -0.15) is 0 Å². The van der Waals surface area contributed by atoms with Gasteiger partial charge < -0.3 is 10.1 Å². The number of sulfonamides is 1. The highest BCUT2D eigenvalue weighted by molar-refractivity contribution is 7.92. The lowest BCUT2D eigenvalue weighted by molar-refractivity contribution is 0.0950. The summed E-state index contributed by atoms with van der Waals surface area (Å²) in [6, 6.07) is 19.1. The molecule has 3 aromatic rings. The van der Waals surface area contributed by atoms with Crippen molar-refractivity contribution in [3.05, 3.63) is 89.0 Å². The van der Waals surface area contributed by atoms with Crippen molar-refractivity contribution in [1.82, 2.24) is 5.32 Å². The Kier molecular flexibility index (Phi) is 6.42. The first kappa shape index (κ1) is 21.4. The lowest BCUT2D eigenvalue weighted by Gasteiger charge is -2.14. The Labute approximate surface area is 177 Å². The first-order valence-electron chi connectivity index (χ1n) is 9.41. The van der Waals surface area contributed by atoms with Crippen LogP contribution in [0, 0.1) is 13.8 Å². The van der Waals surface area contributed by atoms with Gasteiger partial charge in [-0.3, -0.25) is 9.52 Å². The van der Waals surface area contributed by atoms with Crippen molar-refractivity contribution >= 4 is 21.6 Å². The molecule has 0 radical (unpaired) electrons. The summed E-state index contributed by atoms with van der Waals surface area (Å²) in [4.78, 5) is 12.7. The van der Waals surface area contributed by atoms with Crippen molar-refractivity contribution in [2.75, 3.05) is 11.8 Å². The number of para-hydroxylation sites is 2. The smallest absolute Gasteiger partial charge is 0.262 e. The number of amides is 1. The number of aryl methyl sites for hydroxylation is 2. The number of ether oxygens (including phenoxy) is 1. The molecule has 0 aromatic heterocycles.